The van der Waals surface area contributed by atoms with Crippen LogP contribution < -0.4 is 0 Å². The van der Waals surface area contributed by atoms with Crippen LogP contribution in [-0.4, -0.2) is 70.6 Å². The van der Waals surface area contributed by atoms with Gasteiger partial charge in [0.1, 0.15) is 6.61 Å². The molecule has 0 spiro atoms. The van der Waals surface area contributed by atoms with E-state index in [1.165, 1.54) is 11.1 Å². The highest BCUT2D eigenvalue weighted by atomic mass is 16.6. The molecule has 2 amide bonds. The molecule has 0 aromatic heterocycles. The zero-order valence-corrected chi connectivity index (χ0v) is 21.8. The Hall–Kier alpha value is -2.52. The molecule has 9 heteroatoms. The van der Waals surface area contributed by atoms with E-state index in [4.69, 9.17) is 9.57 Å². The molecule has 2 saturated carbocycles. The summed E-state index contributed by atoms with van der Waals surface area (Å²) in [5, 5.41) is 25.7. The van der Waals surface area contributed by atoms with Gasteiger partial charge in [0.05, 0.1) is 42.8 Å². The van der Waals surface area contributed by atoms with Gasteiger partial charge in [-0.05, 0) is 59.5 Å². The third-order valence-electron chi connectivity index (χ3n) is 7.49. The van der Waals surface area contributed by atoms with E-state index >= 15 is 0 Å². The van der Waals surface area contributed by atoms with E-state index in [0.717, 1.165) is 17.7 Å². The standard InChI is InChI=1S/C27H40N2O7/c1-5-35-22(31)11-13-29-26(33)19-10-9-18-20(15-21(30)25(32)23(18)24(19)27(29)34)28-36-14-12-17(4)8-6-7-16(2)3/h7,12,18-19,21,23-25,30,32H,5-6,8-11,13-15H2,1-4H3/t18-,19+,21+,23-,24+,25+/m0/s1. The minimum absolute atomic E-state index is 0.0388. The van der Waals surface area contributed by atoms with E-state index < -0.39 is 41.8 Å². The Morgan fingerprint density at radius 2 is 1.81 bits per heavy atom. The third kappa shape index (κ3) is 6.42. The number of oxime groups is 1. The number of carbonyl (C=O) groups is 3. The number of carbonyl (C=O) groups excluding carboxylic acids is 3. The molecular formula is C27H40N2O7. The molecule has 36 heavy (non-hydrogen) atoms. The van der Waals surface area contributed by atoms with Gasteiger partial charge in [-0.3, -0.25) is 19.3 Å². The zero-order chi connectivity index (χ0) is 26.4. The van der Waals surface area contributed by atoms with E-state index in [-0.39, 0.29) is 37.8 Å². The fourth-order valence-electron chi connectivity index (χ4n) is 5.69. The van der Waals surface area contributed by atoms with Crippen molar-refractivity contribution in [2.75, 3.05) is 19.8 Å². The number of imide groups is 1. The highest BCUT2D eigenvalue weighted by molar-refractivity contribution is 6.06. The van der Waals surface area contributed by atoms with Crippen LogP contribution in [0.15, 0.2) is 28.5 Å². The largest absolute Gasteiger partial charge is 0.466 e. The van der Waals surface area contributed by atoms with Crippen molar-refractivity contribution in [2.45, 2.75) is 78.4 Å². The van der Waals surface area contributed by atoms with Gasteiger partial charge in [0, 0.05) is 24.8 Å². The van der Waals surface area contributed by atoms with Gasteiger partial charge < -0.3 is 19.8 Å². The molecule has 1 aliphatic heterocycles. The summed E-state index contributed by atoms with van der Waals surface area (Å²) in [4.78, 5) is 44.7. The van der Waals surface area contributed by atoms with Crippen molar-refractivity contribution in [1.29, 1.82) is 0 Å². The van der Waals surface area contributed by atoms with Gasteiger partial charge in [0.2, 0.25) is 11.8 Å². The second kappa shape index (κ2) is 12.6. The molecule has 2 N–H and O–H groups in total. The molecule has 0 bridgehead atoms. The molecule has 2 aliphatic carbocycles. The molecule has 3 rings (SSSR count). The molecule has 1 heterocycles. The number of ether oxygens (including phenoxy) is 1. The van der Waals surface area contributed by atoms with E-state index in [9.17, 15) is 24.6 Å². The molecule has 0 radical (unpaired) electrons. The number of rotatable bonds is 10. The lowest BCUT2D eigenvalue weighted by atomic mass is 9.60. The Balaban J connectivity index is 1.68. The number of amides is 2. The number of esters is 1. The molecular weight excluding hydrogens is 464 g/mol. The minimum atomic E-state index is -1.14. The Morgan fingerprint density at radius 3 is 2.50 bits per heavy atom. The number of aliphatic hydroxyl groups is 2. The maximum Gasteiger partial charge on any atom is 0.307 e. The van der Waals surface area contributed by atoms with Crippen LogP contribution in [0.3, 0.4) is 0 Å². The number of nitrogens with zero attached hydrogens (tertiary/aromatic N) is 2. The molecule has 0 aromatic rings. The van der Waals surface area contributed by atoms with Crippen LogP contribution in [0, 0.1) is 23.7 Å². The van der Waals surface area contributed by atoms with E-state index in [2.05, 4.69) is 25.1 Å². The number of aliphatic hydroxyl groups excluding tert-OH is 2. The van der Waals surface area contributed by atoms with Crippen molar-refractivity contribution in [3.63, 3.8) is 0 Å². The summed E-state index contributed by atoms with van der Waals surface area (Å²) in [5.41, 5.74) is 3.11. The normalized spacial score (nSPS) is 31.2. The summed E-state index contributed by atoms with van der Waals surface area (Å²) in [6, 6.07) is 0. The lowest BCUT2D eigenvalue weighted by Crippen LogP contribution is -2.54. The molecule has 6 atom stereocenters. The molecule has 200 valence electrons. The Morgan fingerprint density at radius 1 is 1.08 bits per heavy atom. The predicted octanol–water partition coefficient (Wildman–Crippen LogP) is 2.76. The summed E-state index contributed by atoms with van der Waals surface area (Å²) < 4.78 is 4.91. The van der Waals surface area contributed by atoms with E-state index in [1.807, 2.05) is 13.0 Å². The first-order chi connectivity index (χ1) is 17.1. The van der Waals surface area contributed by atoms with Crippen molar-refractivity contribution in [3.8, 4) is 0 Å². The lowest BCUT2D eigenvalue weighted by molar-refractivity contribution is -0.145. The number of hydrogen-bond donors (Lipinski definition) is 2. The SMILES string of the molecule is CCOC(=O)CCN1C(=O)[C@H]2[C@H]3[C@H](O)[C@H](O)CC(=NOCC=C(C)CCC=C(C)C)[C@@H]3CC[C@H]2C1=O. The van der Waals surface area contributed by atoms with E-state index in [0.29, 0.717) is 25.2 Å². The van der Waals surface area contributed by atoms with Crippen molar-refractivity contribution in [2.24, 2.45) is 28.8 Å². The molecule has 3 aliphatic rings. The number of allylic oxidation sites excluding steroid dienone is 3. The van der Waals surface area contributed by atoms with Crippen molar-refractivity contribution in [3.05, 3.63) is 23.3 Å². The number of likely N-dealkylation sites (tertiary alicyclic amines) is 1. The number of fused-ring (bicyclic) bond motifs is 3. The average Bonchev–Trinajstić information content (AvgIpc) is 3.07. The van der Waals surface area contributed by atoms with Crippen LogP contribution in [0.5, 0.6) is 0 Å². The monoisotopic (exact) mass is 504 g/mol. The molecule has 9 nitrogen and oxygen atoms in total. The van der Waals surface area contributed by atoms with Gasteiger partial charge in [0.25, 0.3) is 0 Å². The van der Waals surface area contributed by atoms with Gasteiger partial charge in [0.15, 0.2) is 0 Å². The predicted molar refractivity (Wildman–Crippen MR) is 134 cm³/mol. The quantitative estimate of drug-likeness (QED) is 0.154. The van der Waals surface area contributed by atoms with Crippen LogP contribution in [0.4, 0.5) is 0 Å². The topological polar surface area (TPSA) is 126 Å². The van der Waals surface area contributed by atoms with Crippen LogP contribution in [-0.2, 0) is 24.0 Å². The van der Waals surface area contributed by atoms with Gasteiger partial charge in [-0.1, -0.05) is 22.4 Å². The maximum atomic E-state index is 13.3. The molecule has 0 unspecified atom stereocenters. The Labute approximate surface area is 213 Å². The van der Waals surface area contributed by atoms with Gasteiger partial charge in [-0.15, -0.1) is 0 Å². The summed E-state index contributed by atoms with van der Waals surface area (Å²) >= 11 is 0. The second-order valence-corrected chi connectivity index (χ2v) is 10.3. The van der Waals surface area contributed by atoms with Crippen LogP contribution in [0.1, 0.15) is 66.2 Å². The molecule has 3 fully saturated rings. The average molecular weight is 505 g/mol. The molecule has 1 saturated heterocycles. The Kier molecular flexibility index (Phi) is 9.84. The highest BCUT2D eigenvalue weighted by Gasteiger charge is 2.59. The minimum Gasteiger partial charge on any atom is -0.466 e. The fraction of sp³-hybridized carbons (Fsp3) is 0.704. The first kappa shape index (κ1) is 28.1. The summed E-state index contributed by atoms with van der Waals surface area (Å²) in [5.74, 6) is -3.36. The van der Waals surface area contributed by atoms with E-state index in [1.54, 1.807) is 6.92 Å². The van der Waals surface area contributed by atoms with Crippen molar-refractivity contribution >= 4 is 23.5 Å². The summed E-state index contributed by atoms with van der Waals surface area (Å²) in [6.45, 7) is 8.38. The zero-order valence-electron chi connectivity index (χ0n) is 21.8. The fourth-order valence-corrected chi connectivity index (χ4v) is 5.69. The highest BCUT2D eigenvalue weighted by Crippen LogP contribution is 2.49. The Bertz CT molecular complexity index is 921. The van der Waals surface area contributed by atoms with Gasteiger partial charge >= 0.3 is 5.97 Å². The smallest absolute Gasteiger partial charge is 0.307 e. The first-order valence-corrected chi connectivity index (χ1v) is 13.0. The number of hydrogen-bond acceptors (Lipinski definition) is 8. The van der Waals surface area contributed by atoms with Gasteiger partial charge in [-0.2, -0.15) is 0 Å². The summed E-state index contributed by atoms with van der Waals surface area (Å²) in [6.07, 6.45) is 5.00. The maximum absolute atomic E-state index is 13.3. The van der Waals surface area contributed by atoms with Crippen LogP contribution in [0.25, 0.3) is 0 Å². The third-order valence-corrected chi connectivity index (χ3v) is 7.49. The van der Waals surface area contributed by atoms with Crippen LogP contribution in [0.2, 0.25) is 0 Å². The summed E-state index contributed by atoms with van der Waals surface area (Å²) in [7, 11) is 0. The van der Waals surface area contributed by atoms with Crippen LogP contribution >= 0.6 is 0 Å². The van der Waals surface area contributed by atoms with Gasteiger partial charge in [-0.25, -0.2) is 0 Å². The molecule has 0 aromatic carbocycles. The second-order valence-electron chi connectivity index (χ2n) is 10.3. The first-order valence-electron chi connectivity index (χ1n) is 13.0. The van der Waals surface area contributed by atoms with Crippen molar-refractivity contribution < 1.29 is 34.2 Å². The lowest BCUT2D eigenvalue weighted by Gasteiger charge is -2.45. The van der Waals surface area contributed by atoms with Crippen molar-refractivity contribution in [1.82, 2.24) is 4.90 Å².